The minimum Gasteiger partial charge on any atom is -0.369 e. The zero-order valence-electron chi connectivity index (χ0n) is 12.2. The number of hydrogen-bond acceptors (Lipinski definition) is 5. The number of amides is 1. The number of piperidine rings is 1. The first-order valence-electron chi connectivity index (χ1n) is 7.15. The summed E-state index contributed by atoms with van der Waals surface area (Å²) < 4.78 is 0. The number of carbonyl (C=O) groups is 1. The summed E-state index contributed by atoms with van der Waals surface area (Å²) in [6.45, 7) is 3.30. The van der Waals surface area contributed by atoms with E-state index in [9.17, 15) is 4.79 Å². The van der Waals surface area contributed by atoms with Gasteiger partial charge in [-0.15, -0.1) is 0 Å². The average molecular weight is 277 g/mol. The van der Waals surface area contributed by atoms with Gasteiger partial charge in [-0.05, 0) is 38.8 Å². The third-order valence-corrected chi connectivity index (χ3v) is 3.69. The molecule has 20 heavy (non-hydrogen) atoms. The van der Waals surface area contributed by atoms with Crippen molar-refractivity contribution in [3.63, 3.8) is 0 Å². The Morgan fingerprint density at radius 1 is 1.45 bits per heavy atom. The molecule has 1 aliphatic rings. The Labute approximate surface area is 120 Å². The molecule has 1 fully saturated rings. The zero-order chi connectivity index (χ0) is 14.4. The van der Waals surface area contributed by atoms with E-state index in [1.807, 2.05) is 0 Å². The standard InChI is InChI=1S/C14H23N5O/c1-15-14(20)12-8-18-13(9-17-12)16-6-5-11-4-3-7-19(2)10-11/h8-9,11H,3-7,10H2,1-2H3,(H,15,20)(H,16,18). The molecule has 0 saturated carbocycles. The Morgan fingerprint density at radius 3 is 2.95 bits per heavy atom. The van der Waals surface area contributed by atoms with Crippen LogP contribution >= 0.6 is 0 Å². The largest absolute Gasteiger partial charge is 0.369 e. The van der Waals surface area contributed by atoms with Gasteiger partial charge in [0.25, 0.3) is 5.91 Å². The van der Waals surface area contributed by atoms with Crippen LogP contribution in [-0.2, 0) is 0 Å². The molecule has 2 N–H and O–H groups in total. The summed E-state index contributed by atoms with van der Waals surface area (Å²) in [5.74, 6) is 1.27. The highest BCUT2D eigenvalue weighted by Crippen LogP contribution is 2.18. The number of aromatic nitrogens is 2. The molecule has 1 amide bonds. The quantitative estimate of drug-likeness (QED) is 0.839. The van der Waals surface area contributed by atoms with Gasteiger partial charge in [0.15, 0.2) is 0 Å². The normalized spacial score (nSPS) is 19.6. The van der Waals surface area contributed by atoms with Gasteiger partial charge in [-0.2, -0.15) is 0 Å². The van der Waals surface area contributed by atoms with Crippen molar-refractivity contribution in [3.8, 4) is 0 Å². The lowest BCUT2D eigenvalue weighted by Gasteiger charge is -2.29. The molecular weight excluding hydrogens is 254 g/mol. The summed E-state index contributed by atoms with van der Waals surface area (Å²) in [6, 6.07) is 0. The summed E-state index contributed by atoms with van der Waals surface area (Å²) >= 11 is 0. The van der Waals surface area contributed by atoms with Crippen LogP contribution < -0.4 is 10.6 Å². The summed E-state index contributed by atoms with van der Waals surface area (Å²) in [6.07, 6.45) is 6.85. The van der Waals surface area contributed by atoms with E-state index in [1.54, 1.807) is 13.2 Å². The maximum absolute atomic E-state index is 11.3. The van der Waals surface area contributed by atoms with E-state index in [2.05, 4.69) is 32.5 Å². The second kappa shape index (κ2) is 7.19. The Morgan fingerprint density at radius 2 is 2.30 bits per heavy atom. The monoisotopic (exact) mass is 277 g/mol. The molecule has 2 rings (SSSR count). The van der Waals surface area contributed by atoms with Gasteiger partial charge < -0.3 is 15.5 Å². The van der Waals surface area contributed by atoms with Gasteiger partial charge in [-0.25, -0.2) is 9.97 Å². The van der Waals surface area contributed by atoms with Gasteiger partial charge in [0.05, 0.1) is 12.4 Å². The van der Waals surface area contributed by atoms with Crippen LogP contribution in [-0.4, -0.2) is 54.5 Å². The van der Waals surface area contributed by atoms with E-state index >= 15 is 0 Å². The topological polar surface area (TPSA) is 70.2 Å². The molecular formula is C14H23N5O. The molecule has 1 saturated heterocycles. The highest BCUT2D eigenvalue weighted by atomic mass is 16.1. The first-order valence-corrected chi connectivity index (χ1v) is 7.15. The minimum absolute atomic E-state index is 0.214. The first-order chi connectivity index (χ1) is 9.69. The van der Waals surface area contributed by atoms with Gasteiger partial charge in [-0.1, -0.05) is 0 Å². The number of rotatable bonds is 5. The molecule has 0 spiro atoms. The molecule has 1 unspecified atom stereocenters. The molecule has 110 valence electrons. The Hall–Kier alpha value is -1.69. The number of anilines is 1. The third-order valence-electron chi connectivity index (χ3n) is 3.69. The van der Waals surface area contributed by atoms with Crippen LogP contribution in [0.5, 0.6) is 0 Å². The fourth-order valence-corrected chi connectivity index (χ4v) is 2.58. The van der Waals surface area contributed by atoms with E-state index in [0.717, 1.165) is 24.7 Å². The SMILES string of the molecule is CNC(=O)c1cnc(NCCC2CCCN(C)C2)cn1. The van der Waals surface area contributed by atoms with Crippen molar-refractivity contribution in [1.82, 2.24) is 20.2 Å². The van der Waals surface area contributed by atoms with Gasteiger partial charge in [0.1, 0.15) is 11.5 Å². The average Bonchev–Trinajstić information content (AvgIpc) is 2.47. The molecule has 0 bridgehead atoms. The summed E-state index contributed by atoms with van der Waals surface area (Å²) in [4.78, 5) is 22.0. The van der Waals surface area contributed by atoms with Crippen LogP contribution in [0, 0.1) is 5.92 Å². The fraction of sp³-hybridized carbons (Fsp3) is 0.643. The lowest BCUT2D eigenvalue weighted by Crippen LogP contribution is -2.32. The smallest absolute Gasteiger partial charge is 0.271 e. The van der Waals surface area contributed by atoms with Gasteiger partial charge in [0.2, 0.25) is 0 Å². The second-order valence-electron chi connectivity index (χ2n) is 5.35. The number of carbonyl (C=O) groups excluding carboxylic acids is 1. The Kier molecular flexibility index (Phi) is 5.29. The van der Waals surface area contributed by atoms with Crippen molar-refractivity contribution in [2.24, 2.45) is 5.92 Å². The molecule has 1 aliphatic heterocycles. The molecule has 0 radical (unpaired) electrons. The van der Waals surface area contributed by atoms with Crippen molar-refractivity contribution < 1.29 is 4.79 Å². The molecule has 6 nitrogen and oxygen atoms in total. The first kappa shape index (κ1) is 14.7. The predicted octanol–water partition coefficient (Wildman–Crippen LogP) is 0.980. The van der Waals surface area contributed by atoms with E-state index in [4.69, 9.17) is 0 Å². The Balaban J connectivity index is 1.75. The van der Waals surface area contributed by atoms with Crippen molar-refractivity contribution >= 4 is 11.7 Å². The predicted molar refractivity (Wildman–Crippen MR) is 78.7 cm³/mol. The highest BCUT2D eigenvalue weighted by Gasteiger charge is 2.16. The number of nitrogens with one attached hydrogen (secondary N) is 2. The lowest BCUT2D eigenvalue weighted by atomic mass is 9.95. The van der Waals surface area contributed by atoms with Crippen LogP contribution in [0.1, 0.15) is 29.8 Å². The molecule has 6 heteroatoms. The summed E-state index contributed by atoms with van der Waals surface area (Å²) in [7, 11) is 3.76. The van der Waals surface area contributed by atoms with Crippen LogP contribution in [0.2, 0.25) is 0 Å². The van der Waals surface area contributed by atoms with E-state index < -0.39 is 0 Å². The minimum atomic E-state index is -0.214. The van der Waals surface area contributed by atoms with Crippen LogP contribution in [0.3, 0.4) is 0 Å². The summed E-state index contributed by atoms with van der Waals surface area (Å²) in [5.41, 5.74) is 0.340. The molecule has 0 aliphatic carbocycles. The van der Waals surface area contributed by atoms with Crippen molar-refractivity contribution in [3.05, 3.63) is 18.1 Å². The fourth-order valence-electron chi connectivity index (χ4n) is 2.58. The number of hydrogen-bond donors (Lipinski definition) is 2. The third kappa shape index (κ3) is 4.16. The number of nitrogens with zero attached hydrogens (tertiary/aromatic N) is 3. The van der Waals surface area contributed by atoms with Gasteiger partial charge >= 0.3 is 0 Å². The molecule has 1 aromatic rings. The van der Waals surface area contributed by atoms with Crippen LogP contribution in [0.15, 0.2) is 12.4 Å². The zero-order valence-corrected chi connectivity index (χ0v) is 12.2. The molecule has 1 aromatic heterocycles. The van der Waals surface area contributed by atoms with Crippen molar-refractivity contribution in [2.75, 3.05) is 39.0 Å². The highest BCUT2D eigenvalue weighted by molar-refractivity contribution is 5.91. The second-order valence-corrected chi connectivity index (χ2v) is 5.35. The molecule has 0 aromatic carbocycles. The maximum atomic E-state index is 11.3. The van der Waals surface area contributed by atoms with Crippen molar-refractivity contribution in [1.29, 1.82) is 0 Å². The van der Waals surface area contributed by atoms with Crippen molar-refractivity contribution in [2.45, 2.75) is 19.3 Å². The van der Waals surface area contributed by atoms with Crippen LogP contribution in [0.4, 0.5) is 5.82 Å². The van der Waals surface area contributed by atoms with E-state index in [1.165, 1.54) is 32.1 Å². The maximum Gasteiger partial charge on any atom is 0.271 e. The lowest BCUT2D eigenvalue weighted by molar-refractivity contribution is 0.0958. The number of likely N-dealkylation sites (tertiary alicyclic amines) is 1. The van der Waals surface area contributed by atoms with Gasteiger partial charge in [-0.3, -0.25) is 4.79 Å². The van der Waals surface area contributed by atoms with Gasteiger partial charge in [0, 0.05) is 20.1 Å². The van der Waals surface area contributed by atoms with E-state index in [-0.39, 0.29) is 5.91 Å². The van der Waals surface area contributed by atoms with Crippen LogP contribution in [0.25, 0.3) is 0 Å². The molecule has 2 heterocycles. The summed E-state index contributed by atoms with van der Waals surface area (Å²) in [5, 5.41) is 5.79. The Bertz CT molecular complexity index is 434. The van der Waals surface area contributed by atoms with E-state index in [0.29, 0.717) is 5.69 Å². The molecule has 1 atom stereocenters.